The Labute approximate surface area is 170 Å². The second-order valence-corrected chi connectivity index (χ2v) is 8.44. The molecule has 0 bridgehead atoms. The number of hydrogen-bond donors (Lipinski definition) is 3. The number of sulfonamides is 1. The summed E-state index contributed by atoms with van der Waals surface area (Å²) in [7, 11) is 1.67. The van der Waals surface area contributed by atoms with Crippen molar-refractivity contribution >= 4 is 27.7 Å². The average molecular weight is 420 g/mol. The van der Waals surface area contributed by atoms with Crippen LogP contribution in [-0.4, -0.2) is 63.7 Å². The Kier molecular flexibility index (Phi) is 7.38. The zero-order chi connectivity index (χ0) is 21.6. The Balaban J connectivity index is 2.05. The Morgan fingerprint density at radius 1 is 1.03 bits per heavy atom. The molecule has 9 heteroatoms. The lowest BCUT2D eigenvalue weighted by molar-refractivity contribution is -0.113. The van der Waals surface area contributed by atoms with Gasteiger partial charge in [0.2, 0.25) is 10.0 Å². The van der Waals surface area contributed by atoms with Gasteiger partial charge >= 0.3 is 0 Å². The van der Waals surface area contributed by atoms with E-state index in [4.69, 9.17) is 0 Å². The quantitative estimate of drug-likeness (QED) is 0.443. The Bertz CT molecular complexity index is 986. The molecule has 0 atom stereocenters. The predicted molar refractivity (Wildman–Crippen MR) is 112 cm³/mol. The maximum Gasteiger partial charge on any atom is 0.250 e. The smallest absolute Gasteiger partial charge is 0.250 e. The van der Waals surface area contributed by atoms with Crippen LogP contribution in [0.3, 0.4) is 0 Å². The first-order valence-electron chi connectivity index (χ1n) is 8.82. The van der Waals surface area contributed by atoms with Crippen LogP contribution < -0.4 is 9.62 Å². The van der Waals surface area contributed by atoms with Crippen molar-refractivity contribution in [1.82, 2.24) is 9.62 Å². The van der Waals surface area contributed by atoms with Gasteiger partial charge in [0.15, 0.2) is 11.5 Å². The molecule has 0 spiro atoms. The molecule has 0 unspecified atom stereocenters. The molecule has 0 saturated carbocycles. The van der Waals surface area contributed by atoms with Crippen molar-refractivity contribution in [2.24, 2.45) is 0 Å². The number of nitrogens with one attached hydrogen (secondary N) is 1. The van der Waals surface area contributed by atoms with Crippen LogP contribution in [0.15, 0.2) is 53.4 Å². The number of carbonyl (C=O) groups is 1. The van der Waals surface area contributed by atoms with Crippen molar-refractivity contribution in [3.05, 3.63) is 54.1 Å². The van der Waals surface area contributed by atoms with Gasteiger partial charge in [-0.25, -0.2) is 13.1 Å². The van der Waals surface area contributed by atoms with E-state index in [2.05, 4.69) is 4.72 Å². The lowest BCUT2D eigenvalue weighted by Gasteiger charge is -2.16. The van der Waals surface area contributed by atoms with Crippen molar-refractivity contribution in [3.63, 3.8) is 0 Å². The number of carbonyl (C=O) groups excluding carboxylic acids is 1. The fourth-order valence-corrected chi connectivity index (χ4v) is 3.41. The number of benzene rings is 2. The number of hydrogen-bond acceptors (Lipinski definition) is 6. The van der Waals surface area contributed by atoms with E-state index in [0.29, 0.717) is 24.3 Å². The van der Waals surface area contributed by atoms with E-state index >= 15 is 0 Å². The molecule has 2 aromatic rings. The summed E-state index contributed by atoms with van der Waals surface area (Å²) in [6.45, 7) is 0.882. The summed E-state index contributed by atoms with van der Waals surface area (Å²) in [6, 6.07) is 10.2. The highest BCUT2D eigenvalue weighted by atomic mass is 32.2. The highest BCUT2D eigenvalue weighted by Crippen LogP contribution is 2.25. The van der Waals surface area contributed by atoms with Gasteiger partial charge in [0, 0.05) is 31.9 Å². The van der Waals surface area contributed by atoms with Crippen LogP contribution in [0.4, 0.5) is 5.69 Å². The van der Waals surface area contributed by atoms with E-state index < -0.39 is 10.0 Å². The second kappa shape index (κ2) is 9.55. The van der Waals surface area contributed by atoms with E-state index in [-0.39, 0.29) is 22.3 Å². The van der Waals surface area contributed by atoms with Gasteiger partial charge in [-0.3, -0.25) is 4.79 Å². The minimum atomic E-state index is -3.61. The minimum Gasteiger partial charge on any atom is -0.504 e. The molecule has 3 N–H and O–H groups in total. The zero-order valence-electron chi connectivity index (χ0n) is 16.5. The largest absolute Gasteiger partial charge is 0.504 e. The summed E-state index contributed by atoms with van der Waals surface area (Å²) in [6.07, 6.45) is 2.82. The van der Waals surface area contributed by atoms with Crippen molar-refractivity contribution in [2.75, 3.05) is 39.1 Å². The van der Waals surface area contributed by atoms with Crippen molar-refractivity contribution in [3.8, 4) is 11.5 Å². The Morgan fingerprint density at radius 2 is 1.69 bits per heavy atom. The van der Waals surface area contributed by atoms with E-state index in [1.807, 2.05) is 19.0 Å². The normalized spacial score (nSPS) is 11.9. The van der Waals surface area contributed by atoms with Gasteiger partial charge in [-0.05, 0) is 62.1 Å². The molecule has 0 aliphatic rings. The van der Waals surface area contributed by atoms with Gasteiger partial charge in [0.25, 0.3) is 5.91 Å². The average Bonchev–Trinajstić information content (AvgIpc) is 2.67. The van der Waals surface area contributed by atoms with Crippen LogP contribution >= 0.6 is 0 Å². The molecule has 1 amide bonds. The number of phenols is 2. The molecule has 29 heavy (non-hydrogen) atoms. The van der Waals surface area contributed by atoms with Crippen LogP contribution in [0, 0.1) is 0 Å². The van der Waals surface area contributed by atoms with Crippen LogP contribution in [0.5, 0.6) is 11.5 Å². The maximum atomic E-state index is 12.3. The van der Waals surface area contributed by atoms with Gasteiger partial charge in [-0.2, -0.15) is 0 Å². The number of nitrogens with zero attached hydrogens (tertiary/aromatic N) is 2. The van der Waals surface area contributed by atoms with Crippen molar-refractivity contribution in [2.45, 2.75) is 4.90 Å². The van der Waals surface area contributed by atoms with E-state index in [1.54, 1.807) is 25.2 Å². The molecule has 0 saturated heterocycles. The van der Waals surface area contributed by atoms with Gasteiger partial charge in [-0.1, -0.05) is 6.07 Å². The molecule has 0 aliphatic heterocycles. The minimum absolute atomic E-state index is 0.121. The topological polar surface area (TPSA) is 110 Å². The Morgan fingerprint density at radius 3 is 2.28 bits per heavy atom. The molecular weight excluding hydrogens is 394 g/mol. The fraction of sp³-hybridized carbons (Fsp3) is 0.250. The summed E-state index contributed by atoms with van der Waals surface area (Å²) in [5, 5.41) is 18.8. The summed E-state index contributed by atoms with van der Waals surface area (Å²) in [5.74, 6) is -0.849. The standard InChI is InChI=1S/C20H25N3O5S/c1-22(2)13-12-21-29(27,28)17-8-6-16(7-9-17)23(3)20(26)11-5-15-4-10-18(24)19(25)14-15/h4-11,14,21,24-25H,12-13H2,1-3H3. The lowest BCUT2D eigenvalue weighted by Crippen LogP contribution is -2.31. The van der Waals surface area contributed by atoms with Crippen LogP contribution in [-0.2, 0) is 14.8 Å². The molecule has 0 fully saturated rings. The van der Waals surface area contributed by atoms with Gasteiger partial charge in [-0.15, -0.1) is 0 Å². The van der Waals surface area contributed by atoms with E-state index in [1.165, 1.54) is 41.3 Å². The molecule has 156 valence electrons. The van der Waals surface area contributed by atoms with Crippen LogP contribution in [0.1, 0.15) is 5.56 Å². The third-order valence-corrected chi connectivity index (χ3v) is 5.61. The third kappa shape index (κ3) is 6.31. The molecule has 0 radical (unpaired) electrons. The van der Waals surface area contributed by atoms with E-state index in [9.17, 15) is 23.4 Å². The number of likely N-dealkylation sites (N-methyl/N-ethyl adjacent to an activating group) is 2. The summed E-state index contributed by atoms with van der Waals surface area (Å²) in [5.41, 5.74) is 1.08. The van der Waals surface area contributed by atoms with Gasteiger partial charge in [0.05, 0.1) is 4.90 Å². The second-order valence-electron chi connectivity index (χ2n) is 6.67. The molecule has 2 rings (SSSR count). The summed E-state index contributed by atoms with van der Waals surface area (Å²) >= 11 is 0. The highest BCUT2D eigenvalue weighted by Gasteiger charge is 2.15. The molecule has 2 aromatic carbocycles. The molecule has 0 aromatic heterocycles. The van der Waals surface area contributed by atoms with Crippen molar-refractivity contribution < 1.29 is 23.4 Å². The summed E-state index contributed by atoms with van der Waals surface area (Å²) < 4.78 is 27.1. The van der Waals surface area contributed by atoms with Gasteiger partial charge in [0.1, 0.15) is 0 Å². The molecule has 0 heterocycles. The highest BCUT2D eigenvalue weighted by molar-refractivity contribution is 7.89. The van der Waals surface area contributed by atoms with Gasteiger partial charge < -0.3 is 20.0 Å². The number of anilines is 1. The SMILES string of the molecule is CN(C)CCNS(=O)(=O)c1ccc(N(C)C(=O)C=Cc2ccc(O)c(O)c2)cc1. The first-order chi connectivity index (χ1) is 13.6. The molecular formula is C20H25N3O5S. The maximum absolute atomic E-state index is 12.3. The monoisotopic (exact) mass is 419 g/mol. The number of aromatic hydroxyl groups is 2. The first-order valence-corrected chi connectivity index (χ1v) is 10.3. The third-order valence-electron chi connectivity index (χ3n) is 4.13. The van der Waals surface area contributed by atoms with Crippen LogP contribution in [0.2, 0.25) is 0 Å². The lowest BCUT2D eigenvalue weighted by atomic mass is 10.2. The fourth-order valence-electron chi connectivity index (χ4n) is 2.39. The molecule has 0 aliphatic carbocycles. The van der Waals surface area contributed by atoms with Crippen LogP contribution in [0.25, 0.3) is 6.08 Å². The van der Waals surface area contributed by atoms with E-state index in [0.717, 1.165) is 0 Å². The van der Waals surface area contributed by atoms with Crippen molar-refractivity contribution in [1.29, 1.82) is 0 Å². The predicted octanol–water partition coefficient (Wildman–Crippen LogP) is 1.61. The number of amides is 1. The Hall–Kier alpha value is -2.88. The summed E-state index contributed by atoms with van der Waals surface area (Å²) in [4.78, 5) is 15.7. The number of rotatable bonds is 8. The first kappa shape index (κ1) is 22.4. The number of phenolic OH excluding ortho intramolecular Hbond substituents is 2. The zero-order valence-corrected chi connectivity index (χ0v) is 17.3. The molecule has 8 nitrogen and oxygen atoms in total.